The van der Waals surface area contributed by atoms with E-state index in [-0.39, 0.29) is 24.0 Å². The van der Waals surface area contributed by atoms with Crippen molar-refractivity contribution < 1.29 is 23.8 Å². The smallest absolute Gasteiger partial charge is 0.311 e. The highest BCUT2D eigenvalue weighted by molar-refractivity contribution is 5.75. The number of ether oxygens (including phenoxy) is 3. The lowest BCUT2D eigenvalue weighted by atomic mass is 9.78. The van der Waals surface area contributed by atoms with Crippen LogP contribution in [0, 0.1) is 5.92 Å². The van der Waals surface area contributed by atoms with Crippen LogP contribution in [0.15, 0.2) is 0 Å². The number of carbonyl (C=O) groups excluding carboxylic acids is 2. The Morgan fingerprint density at radius 3 is 2.52 bits per heavy atom. The fourth-order valence-corrected chi connectivity index (χ4v) is 3.13. The van der Waals surface area contributed by atoms with E-state index in [1.807, 2.05) is 0 Å². The number of hydrogen-bond acceptors (Lipinski definition) is 6. The molecule has 0 aromatic heterocycles. The van der Waals surface area contributed by atoms with E-state index < -0.39 is 23.9 Å². The zero-order chi connectivity index (χ0) is 15.8. The monoisotopic (exact) mass is 300 g/mol. The Balaban J connectivity index is 2.23. The Kier molecular flexibility index (Phi) is 4.55. The van der Waals surface area contributed by atoms with Crippen LogP contribution in [0.5, 0.6) is 0 Å². The van der Waals surface area contributed by atoms with Gasteiger partial charge in [-0.25, -0.2) is 0 Å². The van der Waals surface area contributed by atoms with Crippen LogP contribution in [0.4, 0.5) is 0 Å². The topological polar surface area (TPSA) is 99.9 Å². The van der Waals surface area contributed by atoms with Crippen molar-refractivity contribution in [1.29, 1.82) is 0 Å². The van der Waals surface area contributed by atoms with Gasteiger partial charge in [-0.3, -0.25) is 9.59 Å². The molecule has 7 heteroatoms. The summed E-state index contributed by atoms with van der Waals surface area (Å²) in [4.78, 5) is 23.5. The van der Waals surface area contributed by atoms with E-state index in [0.29, 0.717) is 13.0 Å². The normalized spacial score (nSPS) is 37.7. The Morgan fingerprint density at radius 2 is 1.95 bits per heavy atom. The first kappa shape index (κ1) is 16.2. The van der Waals surface area contributed by atoms with Gasteiger partial charge in [-0.1, -0.05) is 0 Å². The van der Waals surface area contributed by atoms with Gasteiger partial charge >= 0.3 is 5.97 Å². The van der Waals surface area contributed by atoms with Gasteiger partial charge in [0, 0.05) is 13.0 Å². The second kappa shape index (κ2) is 5.90. The summed E-state index contributed by atoms with van der Waals surface area (Å²) in [5, 5.41) is 2.81. The van der Waals surface area contributed by atoms with Crippen LogP contribution < -0.4 is 11.1 Å². The lowest BCUT2D eigenvalue weighted by molar-refractivity contribution is -0.163. The predicted molar refractivity (Wildman–Crippen MR) is 74.1 cm³/mol. The molecule has 0 spiro atoms. The molecule has 3 N–H and O–H groups in total. The SMILES string of the molecule is CCOC(=O)[C@@H]1C[C@H](N)[C@@H](NC(C)=O)[C@@H]2OC(C)(C)O[C@@H]21. The quantitative estimate of drug-likeness (QED) is 0.707. The number of hydrogen-bond donors (Lipinski definition) is 2. The van der Waals surface area contributed by atoms with E-state index >= 15 is 0 Å². The maximum atomic E-state index is 12.1. The number of esters is 1. The summed E-state index contributed by atoms with van der Waals surface area (Å²) in [5.41, 5.74) is 6.14. The molecule has 0 aromatic rings. The molecule has 1 saturated heterocycles. The molecule has 0 bridgehead atoms. The van der Waals surface area contributed by atoms with Crippen molar-refractivity contribution in [2.24, 2.45) is 11.7 Å². The number of nitrogens with one attached hydrogen (secondary N) is 1. The fourth-order valence-electron chi connectivity index (χ4n) is 3.13. The fraction of sp³-hybridized carbons (Fsp3) is 0.857. The van der Waals surface area contributed by atoms with Crippen molar-refractivity contribution in [3.63, 3.8) is 0 Å². The number of nitrogens with two attached hydrogens (primary N) is 1. The highest BCUT2D eigenvalue weighted by atomic mass is 16.8. The number of fused-ring (bicyclic) bond motifs is 1. The molecule has 7 nitrogen and oxygen atoms in total. The van der Waals surface area contributed by atoms with Gasteiger partial charge in [0.1, 0.15) is 12.2 Å². The average Bonchev–Trinajstić information content (AvgIpc) is 2.68. The molecule has 0 unspecified atom stereocenters. The van der Waals surface area contributed by atoms with E-state index in [1.54, 1.807) is 20.8 Å². The molecular weight excluding hydrogens is 276 g/mol. The van der Waals surface area contributed by atoms with Gasteiger partial charge in [0.05, 0.1) is 18.6 Å². The summed E-state index contributed by atoms with van der Waals surface area (Å²) in [6, 6.07) is -0.762. The van der Waals surface area contributed by atoms with Gasteiger partial charge in [0.25, 0.3) is 0 Å². The summed E-state index contributed by atoms with van der Waals surface area (Å²) in [6.45, 7) is 7.06. The van der Waals surface area contributed by atoms with Gasteiger partial charge in [-0.2, -0.15) is 0 Å². The molecule has 5 atom stereocenters. The minimum absolute atomic E-state index is 0.183. The van der Waals surface area contributed by atoms with Crippen molar-refractivity contribution >= 4 is 11.9 Å². The minimum atomic E-state index is -0.819. The molecule has 21 heavy (non-hydrogen) atoms. The van der Waals surface area contributed by atoms with E-state index in [4.69, 9.17) is 19.9 Å². The van der Waals surface area contributed by atoms with Crippen LogP contribution in [0.2, 0.25) is 0 Å². The van der Waals surface area contributed by atoms with Crippen molar-refractivity contribution in [3.8, 4) is 0 Å². The van der Waals surface area contributed by atoms with Crippen molar-refractivity contribution in [2.45, 2.75) is 64.2 Å². The maximum Gasteiger partial charge on any atom is 0.311 e. The molecule has 1 saturated carbocycles. The standard InChI is InChI=1S/C14H24N2O5/c1-5-19-13(18)8-6-9(15)10(16-7(2)17)12-11(8)20-14(3,4)21-12/h8-12H,5-6,15H2,1-4H3,(H,16,17)/t8-,9+,10-,11-,12+/m1/s1. The summed E-state index contributed by atoms with van der Waals surface area (Å²) in [6.07, 6.45) is -0.526. The van der Waals surface area contributed by atoms with Crippen molar-refractivity contribution in [2.75, 3.05) is 6.61 Å². The lowest BCUT2D eigenvalue weighted by Gasteiger charge is -2.39. The molecule has 120 valence electrons. The van der Waals surface area contributed by atoms with Crippen LogP contribution in [-0.2, 0) is 23.8 Å². The molecule has 0 radical (unpaired) electrons. The largest absolute Gasteiger partial charge is 0.466 e. The Morgan fingerprint density at radius 1 is 1.33 bits per heavy atom. The van der Waals surface area contributed by atoms with Crippen LogP contribution >= 0.6 is 0 Å². The first-order valence-corrected chi connectivity index (χ1v) is 7.30. The minimum Gasteiger partial charge on any atom is -0.466 e. The first-order chi connectivity index (χ1) is 9.75. The second-order valence-corrected chi connectivity index (χ2v) is 6.05. The molecule has 2 rings (SSSR count). The third-order valence-electron chi connectivity index (χ3n) is 3.86. The zero-order valence-corrected chi connectivity index (χ0v) is 12.9. The van der Waals surface area contributed by atoms with Gasteiger partial charge < -0.3 is 25.3 Å². The van der Waals surface area contributed by atoms with Gasteiger partial charge in [-0.15, -0.1) is 0 Å². The van der Waals surface area contributed by atoms with E-state index in [2.05, 4.69) is 5.32 Å². The molecular formula is C14H24N2O5. The van der Waals surface area contributed by atoms with Crippen LogP contribution in [0.3, 0.4) is 0 Å². The third kappa shape index (κ3) is 3.36. The van der Waals surface area contributed by atoms with E-state index in [9.17, 15) is 9.59 Å². The van der Waals surface area contributed by atoms with Gasteiger partial charge in [0.15, 0.2) is 5.79 Å². The zero-order valence-electron chi connectivity index (χ0n) is 12.9. The average molecular weight is 300 g/mol. The summed E-state index contributed by atoms with van der Waals surface area (Å²) >= 11 is 0. The molecule has 2 fully saturated rings. The van der Waals surface area contributed by atoms with Gasteiger partial charge in [-0.05, 0) is 27.2 Å². The van der Waals surface area contributed by atoms with Crippen LogP contribution in [0.1, 0.15) is 34.1 Å². The highest BCUT2D eigenvalue weighted by Crippen LogP contribution is 2.40. The summed E-state index contributed by atoms with van der Waals surface area (Å²) < 4.78 is 16.8. The molecule has 1 aliphatic carbocycles. The predicted octanol–water partition coefficient (Wildman–Crippen LogP) is -0.0785. The number of amides is 1. The first-order valence-electron chi connectivity index (χ1n) is 7.30. The van der Waals surface area contributed by atoms with Crippen LogP contribution in [0.25, 0.3) is 0 Å². The molecule has 1 heterocycles. The maximum absolute atomic E-state index is 12.1. The Hall–Kier alpha value is -1.18. The highest BCUT2D eigenvalue weighted by Gasteiger charge is 2.56. The van der Waals surface area contributed by atoms with E-state index in [1.165, 1.54) is 6.92 Å². The van der Waals surface area contributed by atoms with E-state index in [0.717, 1.165) is 0 Å². The van der Waals surface area contributed by atoms with Crippen molar-refractivity contribution in [1.82, 2.24) is 5.32 Å². The second-order valence-electron chi connectivity index (χ2n) is 6.05. The molecule has 1 aliphatic heterocycles. The summed E-state index contributed by atoms with van der Waals surface area (Å²) in [5.74, 6) is -1.81. The van der Waals surface area contributed by atoms with Crippen LogP contribution in [-0.4, -0.2) is 48.6 Å². The molecule has 1 amide bonds. The van der Waals surface area contributed by atoms with Crippen molar-refractivity contribution in [3.05, 3.63) is 0 Å². The summed E-state index contributed by atoms with van der Waals surface area (Å²) in [7, 11) is 0. The number of carbonyl (C=O) groups is 2. The third-order valence-corrected chi connectivity index (χ3v) is 3.86. The molecule has 2 aliphatic rings. The van der Waals surface area contributed by atoms with Gasteiger partial charge in [0.2, 0.25) is 5.91 Å². The number of rotatable bonds is 3. The Labute approximate surface area is 124 Å². The molecule has 0 aromatic carbocycles. The lowest BCUT2D eigenvalue weighted by Crippen LogP contribution is -2.63. The Bertz CT molecular complexity index is 426.